The average Bonchev–Trinajstić information content (AvgIpc) is 3.37. The molecule has 1 atom stereocenters. The van der Waals surface area contributed by atoms with Crippen molar-refractivity contribution in [3.8, 4) is 0 Å². The molecule has 31 heavy (non-hydrogen) atoms. The molecule has 2 heterocycles. The lowest BCUT2D eigenvalue weighted by molar-refractivity contribution is -0.130. The van der Waals surface area contributed by atoms with Gasteiger partial charge in [0.15, 0.2) is 4.34 Å². The first-order valence-electron chi connectivity index (χ1n) is 9.82. The van der Waals surface area contributed by atoms with Gasteiger partial charge in [0.2, 0.25) is 15.9 Å². The van der Waals surface area contributed by atoms with E-state index in [0.717, 1.165) is 14.6 Å². The highest BCUT2D eigenvalue weighted by atomic mass is 35.5. The second kappa shape index (κ2) is 9.07. The molecule has 4 rings (SSSR count). The highest BCUT2D eigenvalue weighted by Gasteiger charge is 2.43. The second-order valence-electron chi connectivity index (χ2n) is 7.55. The fourth-order valence-electron chi connectivity index (χ4n) is 3.73. The van der Waals surface area contributed by atoms with Gasteiger partial charge in [0.25, 0.3) is 0 Å². The van der Waals surface area contributed by atoms with E-state index in [2.05, 4.69) is 4.98 Å². The van der Waals surface area contributed by atoms with Crippen LogP contribution in [0, 0.1) is 5.92 Å². The average molecular weight is 496 g/mol. The van der Waals surface area contributed by atoms with Crippen LogP contribution in [0.25, 0.3) is 10.2 Å². The van der Waals surface area contributed by atoms with Gasteiger partial charge in [0.1, 0.15) is 6.17 Å². The third-order valence-electron chi connectivity index (χ3n) is 5.09. The lowest BCUT2D eigenvalue weighted by atomic mass is 10.1. The molecule has 0 N–H and O–H groups in total. The minimum absolute atomic E-state index is 0.0421. The maximum Gasteiger partial charge on any atom is 0.244 e. The number of sulfonamides is 1. The van der Waals surface area contributed by atoms with Gasteiger partial charge in [0, 0.05) is 18.1 Å². The van der Waals surface area contributed by atoms with E-state index in [4.69, 9.17) is 11.6 Å². The fraction of sp³-hybridized carbons (Fsp3) is 0.333. The van der Waals surface area contributed by atoms with Crippen molar-refractivity contribution >= 4 is 60.8 Å². The van der Waals surface area contributed by atoms with Gasteiger partial charge in [0.05, 0.1) is 20.9 Å². The SMILES string of the molecule is CC(C)[C@H]1N(C(=O)CSc2nc3cc(Cl)ccc3s2)CCN1S(=O)(=O)c1ccccc1. The number of carbonyl (C=O) groups is 1. The van der Waals surface area contributed by atoms with Gasteiger partial charge in [-0.2, -0.15) is 4.31 Å². The van der Waals surface area contributed by atoms with Crippen molar-refractivity contribution in [1.82, 2.24) is 14.2 Å². The molecule has 1 amide bonds. The van der Waals surface area contributed by atoms with Gasteiger partial charge in [-0.25, -0.2) is 13.4 Å². The maximum absolute atomic E-state index is 13.2. The highest BCUT2D eigenvalue weighted by Crippen LogP contribution is 2.33. The predicted molar refractivity (Wildman–Crippen MR) is 126 cm³/mol. The van der Waals surface area contributed by atoms with Crippen LogP contribution in [0.4, 0.5) is 0 Å². The van der Waals surface area contributed by atoms with Crippen LogP contribution in [0.15, 0.2) is 57.8 Å². The zero-order valence-electron chi connectivity index (χ0n) is 17.1. The van der Waals surface area contributed by atoms with Crippen LogP contribution in [-0.4, -0.2) is 53.5 Å². The van der Waals surface area contributed by atoms with Crippen LogP contribution in [0.3, 0.4) is 0 Å². The summed E-state index contributed by atoms with van der Waals surface area (Å²) in [4.78, 5) is 19.5. The second-order valence-corrected chi connectivity index (χ2v) is 12.1. The van der Waals surface area contributed by atoms with Crippen LogP contribution in [0.2, 0.25) is 5.02 Å². The largest absolute Gasteiger partial charge is 0.324 e. The van der Waals surface area contributed by atoms with Crippen molar-refractivity contribution < 1.29 is 13.2 Å². The van der Waals surface area contributed by atoms with Crippen molar-refractivity contribution in [2.45, 2.75) is 29.2 Å². The van der Waals surface area contributed by atoms with Gasteiger partial charge < -0.3 is 4.90 Å². The molecule has 3 aromatic rings. The normalized spacial score (nSPS) is 17.7. The monoisotopic (exact) mass is 495 g/mol. The van der Waals surface area contributed by atoms with E-state index in [1.165, 1.54) is 27.4 Å². The number of carbonyl (C=O) groups excluding carboxylic acids is 1. The summed E-state index contributed by atoms with van der Waals surface area (Å²) in [7, 11) is -3.68. The van der Waals surface area contributed by atoms with Crippen molar-refractivity contribution in [2.75, 3.05) is 18.8 Å². The summed E-state index contributed by atoms with van der Waals surface area (Å²) >= 11 is 8.91. The van der Waals surface area contributed by atoms with E-state index >= 15 is 0 Å². The number of amides is 1. The predicted octanol–water partition coefficient (Wildman–Crippen LogP) is 4.56. The first kappa shape index (κ1) is 22.5. The number of rotatable bonds is 6. The molecule has 1 saturated heterocycles. The topological polar surface area (TPSA) is 70.6 Å². The van der Waals surface area contributed by atoms with Crippen molar-refractivity contribution in [3.63, 3.8) is 0 Å². The zero-order chi connectivity index (χ0) is 22.2. The Labute approximate surface area is 195 Å². The first-order valence-corrected chi connectivity index (χ1v) is 13.4. The Hall–Kier alpha value is -1.65. The highest BCUT2D eigenvalue weighted by molar-refractivity contribution is 8.01. The number of aromatic nitrogens is 1. The Kier molecular flexibility index (Phi) is 6.60. The smallest absolute Gasteiger partial charge is 0.244 e. The van der Waals surface area contributed by atoms with Gasteiger partial charge in [-0.3, -0.25) is 4.79 Å². The number of fused-ring (bicyclic) bond motifs is 1. The van der Waals surface area contributed by atoms with Crippen molar-refractivity contribution in [2.24, 2.45) is 5.92 Å². The summed E-state index contributed by atoms with van der Waals surface area (Å²) < 4.78 is 29.6. The Morgan fingerprint density at radius 2 is 1.97 bits per heavy atom. The maximum atomic E-state index is 13.2. The number of benzene rings is 2. The van der Waals surface area contributed by atoms with E-state index in [-0.39, 0.29) is 29.0 Å². The van der Waals surface area contributed by atoms with Crippen LogP contribution < -0.4 is 0 Å². The molecule has 0 radical (unpaired) electrons. The van der Waals surface area contributed by atoms with Crippen LogP contribution in [0.1, 0.15) is 13.8 Å². The molecule has 0 aliphatic carbocycles. The molecule has 6 nitrogen and oxygen atoms in total. The molecule has 0 unspecified atom stereocenters. The molecule has 0 saturated carbocycles. The number of nitrogens with zero attached hydrogens (tertiary/aromatic N) is 3. The van der Waals surface area contributed by atoms with Gasteiger partial charge in [-0.15, -0.1) is 11.3 Å². The lowest BCUT2D eigenvalue weighted by Gasteiger charge is -2.32. The number of hydrogen-bond acceptors (Lipinski definition) is 6. The van der Waals surface area contributed by atoms with Crippen molar-refractivity contribution in [1.29, 1.82) is 0 Å². The molecule has 0 spiro atoms. The third-order valence-corrected chi connectivity index (χ3v) is 9.37. The first-order chi connectivity index (χ1) is 14.8. The summed E-state index contributed by atoms with van der Waals surface area (Å²) in [5, 5.41) is 0.627. The lowest BCUT2D eigenvalue weighted by Crippen LogP contribution is -2.48. The molecular weight excluding hydrogens is 474 g/mol. The molecule has 0 bridgehead atoms. The molecule has 1 fully saturated rings. The number of hydrogen-bond donors (Lipinski definition) is 0. The fourth-order valence-corrected chi connectivity index (χ4v) is 7.57. The van der Waals surface area contributed by atoms with Gasteiger partial charge in [-0.05, 0) is 36.2 Å². The van der Waals surface area contributed by atoms with Gasteiger partial charge in [-0.1, -0.05) is 55.4 Å². The van der Waals surface area contributed by atoms with E-state index in [9.17, 15) is 13.2 Å². The minimum atomic E-state index is -3.68. The molecule has 1 aliphatic heterocycles. The molecule has 10 heteroatoms. The summed E-state index contributed by atoms with van der Waals surface area (Å²) in [5.41, 5.74) is 0.814. The summed E-state index contributed by atoms with van der Waals surface area (Å²) in [6.07, 6.45) is -0.507. The van der Waals surface area contributed by atoms with E-state index in [1.54, 1.807) is 41.3 Å². The Morgan fingerprint density at radius 3 is 2.68 bits per heavy atom. The molecule has 1 aromatic heterocycles. The van der Waals surface area contributed by atoms with Crippen molar-refractivity contribution in [3.05, 3.63) is 53.6 Å². The number of halogens is 1. The molecule has 2 aromatic carbocycles. The van der Waals surface area contributed by atoms with E-state index in [0.29, 0.717) is 11.6 Å². The molecule has 1 aliphatic rings. The molecule has 164 valence electrons. The zero-order valence-corrected chi connectivity index (χ0v) is 20.3. The standard InChI is InChI=1S/C21H22ClN3O3S3/c1-14(2)20-24(10-11-25(20)31(27,28)16-6-4-3-5-7-16)19(26)13-29-21-23-17-12-15(22)8-9-18(17)30-21/h3-9,12,14,20H,10-11,13H2,1-2H3/t20-/m0/s1. The van der Waals surface area contributed by atoms with Gasteiger partial charge >= 0.3 is 0 Å². The Balaban J connectivity index is 1.49. The molecular formula is C21H22ClN3O3S3. The number of thioether (sulfide) groups is 1. The Morgan fingerprint density at radius 1 is 1.23 bits per heavy atom. The quantitative estimate of drug-likeness (QED) is 0.469. The van der Waals surface area contributed by atoms with Crippen LogP contribution in [-0.2, 0) is 14.8 Å². The minimum Gasteiger partial charge on any atom is -0.324 e. The summed E-state index contributed by atoms with van der Waals surface area (Å²) in [6.45, 7) is 4.54. The summed E-state index contributed by atoms with van der Waals surface area (Å²) in [5.74, 6) is 0.0713. The van der Waals surface area contributed by atoms with Crippen LogP contribution in [0.5, 0.6) is 0 Å². The van der Waals surface area contributed by atoms with E-state index in [1.807, 2.05) is 26.0 Å². The Bertz CT molecular complexity index is 1200. The number of thiazole rings is 1. The van der Waals surface area contributed by atoms with E-state index < -0.39 is 16.2 Å². The van der Waals surface area contributed by atoms with Crippen LogP contribution >= 0.6 is 34.7 Å². The summed E-state index contributed by atoms with van der Waals surface area (Å²) in [6, 6.07) is 13.9. The third kappa shape index (κ3) is 4.61.